The third kappa shape index (κ3) is 2.11. The molecule has 0 fully saturated rings. The molecule has 4 heteroatoms. The molecule has 106 valence electrons. The van der Waals surface area contributed by atoms with Gasteiger partial charge >= 0.3 is 0 Å². The summed E-state index contributed by atoms with van der Waals surface area (Å²) in [7, 11) is 0. The van der Waals surface area contributed by atoms with Crippen molar-refractivity contribution in [1.82, 2.24) is 9.97 Å². The number of nitrogens with zero attached hydrogens (tertiary/aromatic N) is 1. The van der Waals surface area contributed by atoms with Crippen LogP contribution in [0.15, 0.2) is 67.0 Å². The quantitative estimate of drug-likeness (QED) is 0.586. The van der Waals surface area contributed by atoms with E-state index in [9.17, 15) is 4.79 Å². The maximum Gasteiger partial charge on any atom is 0.255 e. The van der Waals surface area contributed by atoms with Gasteiger partial charge in [-0.1, -0.05) is 24.3 Å². The number of H-pyrrole nitrogens is 1. The number of carbonyl (C=O) groups is 1. The number of anilines is 1. The molecule has 0 bridgehead atoms. The molecule has 0 saturated heterocycles. The summed E-state index contributed by atoms with van der Waals surface area (Å²) in [5.41, 5.74) is 3.46. The van der Waals surface area contributed by atoms with E-state index in [0.29, 0.717) is 5.56 Å². The number of hydrogen-bond acceptors (Lipinski definition) is 2. The molecule has 0 aliphatic heterocycles. The van der Waals surface area contributed by atoms with E-state index >= 15 is 0 Å². The maximum atomic E-state index is 12.2. The molecule has 0 aliphatic rings. The van der Waals surface area contributed by atoms with Gasteiger partial charge in [-0.15, -0.1) is 0 Å². The normalized spacial score (nSPS) is 10.9. The zero-order chi connectivity index (χ0) is 14.9. The van der Waals surface area contributed by atoms with Gasteiger partial charge in [-0.25, -0.2) is 0 Å². The molecule has 0 saturated carbocycles. The van der Waals surface area contributed by atoms with Crippen LogP contribution in [0.2, 0.25) is 0 Å². The lowest BCUT2D eigenvalue weighted by Crippen LogP contribution is -2.11. The van der Waals surface area contributed by atoms with Crippen molar-refractivity contribution in [3.05, 3.63) is 72.6 Å². The largest absolute Gasteiger partial charge is 0.354 e. The van der Waals surface area contributed by atoms with Crippen LogP contribution in [0.4, 0.5) is 5.69 Å². The highest BCUT2D eigenvalue weighted by Gasteiger charge is 2.08. The van der Waals surface area contributed by atoms with Gasteiger partial charge in [0.05, 0.1) is 0 Å². The molecule has 1 amide bonds. The van der Waals surface area contributed by atoms with E-state index in [2.05, 4.69) is 21.4 Å². The van der Waals surface area contributed by atoms with E-state index in [1.54, 1.807) is 24.5 Å². The fraction of sp³-hybridized carbons (Fsp3) is 0. The molecule has 0 aliphatic carbocycles. The van der Waals surface area contributed by atoms with Crippen LogP contribution in [0.25, 0.3) is 21.8 Å². The number of rotatable bonds is 2. The van der Waals surface area contributed by atoms with Gasteiger partial charge in [0, 0.05) is 45.5 Å². The Bertz CT molecular complexity index is 973. The van der Waals surface area contributed by atoms with Gasteiger partial charge in [0.15, 0.2) is 0 Å². The van der Waals surface area contributed by atoms with Gasteiger partial charge < -0.3 is 10.3 Å². The van der Waals surface area contributed by atoms with Gasteiger partial charge in [-0.3, -0.25) is 9.78 Å². The average Bonchev–Trinajstić information content (AvgIpc) is 2.93. The number of nitrogens with one attached hydrogen (secondary N) is 2. The van der Waals surface area contributed by atoms with Crippen LogP contribution in [-0.2, 0) is 0 Å². The summed E-state index contributed by atoms with van der Waals surface area (Å²) in [5.74, 6) is -0.141. The summed E-state index contributed by atoms with van der Waals surface area (Å²) in [6, 6.07) is 17.4. The van der Waals surface area contributed by atoms with E-state index < -0.39 is 0 Å². The first kappa shape index (κ1) is 12.6. The van der Waals surface area contributed by atoms with Crippen molar-refractivity contribution in [3.8, 4) is 0 Å². The third-order valence-corrected chi connectivity index (χ3v) is 3.71. The molecule has 2 aromatic heterocycles. The minimum Gasteiger partial charge on any atom is -0.354 e. The van der Waals surface area contributed by atoms with E-state index in [0.717, 1.165) is 22.1 Å². The summed E-state index contributed by atoms with van der Waals surface area (Å²) in [5, 5.41) is 5.24. The lowest BCUT2D eigenvalue weighted by Gasteiger charge is -2.05. The van der Waals surface area contributed by atoms with Crippen LogP contribution >= 0.6 is 0 Å². The molecule has 0 atom stereocenters. The molecule has 4 nitrogen and oxygen atoms in total. The number of carbonyl (C=O) groups excluding carboxylic acids is 1. The smallest absolute Gasteiger partial charge is 0.255 e. The Labute approximate surface area is 126 Å². The van der Waals surface area contributed by atoms with Gasteiger partial charge in [0.2, 0.25) is 0 Å². The Balaban J connectivity index is 1.71. The Morgan fingerprint density at radius 2 is 1.68 bits per heavy atom. The first-order valence-electron chi connectivity index (χ1n) is 7.03. The van der Waals surface area contributed by atoms with E-state index in [-0.39, 0.29) is 5.91 Å². The predicted molar refractivity (Wildman–Crippen MR) is 88.0 cm³/mol. The molecule has 0 radical (unpaired) electrons. The highest BCUT2D eigenvalue weighted by molar-refractivity contribution is 6.09. The summed E-state index contributed by atoms with van der Waals surface area (Å²) in [4.78, 5) is 19.5. The Morgan fingerprint density at radius 3 is 2.55 bits per heavy atom. The van der Waals surface area contributed by atoms with Crippen LogP contribution < -0.4 is 5.32 Å². The Kier molecular flexibility index (Phi) is 2.86. The minimum atomic E-state index is -0.141. The highest BCUT2D eigenvalue weighted by atomic mass is 16.1. The van der Waals surface area contributed by atoms with Crippen molar-refractivity contribution in [1.29, 1.82) is 0 Å². The van der Waals surface area contributed by atoms with Gasteiger partial charge in [0.25, 0.3) is 5.91 Å². The predicted octanol–water partition coefficient (Wildman–Crippen LogP) is 3.97. The maximum absolute atomic E-state index is 12.2. The standard InChI is InChI=1S/C18H13N3O/c22-18(12-7-9-19-10-8-12)20-13-5-6-15-14-3-1-2-4-16(14)21-17(15)11-13/h1-11,21H,(H,20,22). The highest BCUT2D eigenvalue weighted by Crippen LogP contribution is 2.27. The number of aromatic nitrogens is 2. The Hall–Kier alpha value is -3.14. The first-order valence-corrected chi connectivity index (χ1v) is 7.03. The average molecular weight is 287 g/mol. The van der Waals surface area contributed by atoms with Crippen molar-refractivity contribution < 1.29 is 4.79 Å². The van der Waals surface area contributed by atoms with Crippen LogP contribution in [0.1, 0.15) is 10.4 Å². The first-order chi connectivity index (χ1) is 10.8. The monoisotopic (exact) mass is 287 g/mol. The topological polar surface area (TPSA) is 57.8 Å². The van der Waals surface area contributed by atoms with Gasteiger partial charge in [-0.05, 0) is 30.3 Å². The van der Waals surface area contributed by atoms with E-state index in [4.69, 9.17) is 0 Å². The second kappa shape index (κ2) is 5.00. The van der Waals surface area contributed by atoms with Crippen LogP contribution in [0.3, 0.4) is 0 Å². The number of benzene rings is 2. The molecule has 2 aromatic carbocycles. The molecule has 4 aromatic rings. The third-order valence-electron chi connectivity index (χ3n) is 3.71. The number of pyridine rings is 1. The van der Waals surface area contributed by atoms with Crippen molar-refractivity contribution >= 4 is 33.4 Å². The second-order valence-electron chi connectivity index (χ2n) is 5.12. The van der Waals surface area contributed by atoms with E-state index in [1.165, 1.54) is 5.39 Å². The number of amides is 1. The van der Waals surface area contributed by atoms with Crippen LogP contribution in [0.5, 0.6) is 0 Å². The molecular formula is C18H13N3O. The molecule has 2 N–H and O–H groups in total. The SMILES string of the molecule is O=C(Nc1ccc2c(c1)[nH]c1ccccc12)c1ccncc1. The zero-order valence-corrected chi connectivity index (χ0v) is 11.7. The molecule has 0 unspecified atom stereocenters. The van der Waals surface area contributed by atoms with Crippen LogP contribution in [0, 0.1) is 0 Å². The van der Waals surface area contributed by atoms with Crippen molar-refractivity contribution in [2.24, 2.45) is 0 Å². The van der Waals surface area contributed by atoms with Crippen LogP contribution in [-0.4, -0.2) is 15.9 Å². The summed E-state index contributed by atoms with van der Waals surface area (Å²) < 4.78 is 0. The lowest BCUT2D eigenvalue weighted by atomic mass is 10.1. The van der Waals surface area contributed by atoms with Crippen molar-refractivity contribution in [3.63, 3.8) is 0 Å². The second-order valence-corrected chi connectivity index (χ2v) is 5.12. The number of hydrogen-bond donors (Lipinski definition) is 2. The number of para-hydroxylation sites is 1. The fourth-order valence-corrected chi connectivity index (χ4v) is 2.64. The van der Waals surface area contributed by atoms with Gasteiger partial charge in [0.1, 0.15) is 0 Å². The number of fused-ring (bicyclic) bond motifs is 3. The Morgan fingerprint density at radius 1 is 0.909 bits per heavy atom. The minimum absolute atomic E-state index is 0.141. The summed E-state index contributed by atoms with van der Waals surface area (Å²) >= 11 is 0. The molecule has 0 spiro atoms. The van der Waals surface area contributed by atoms with Crippen molar-refractivity contribution in [2.75, 3.05) is 5.32 Å². The molecule has 4 rings (SSSR count). The molecular weight excluding hydrogens is 274 g/mol. The summed E-state index contributed by atoms with van der Waals surface area (Å²) in [6.45, 7) is 0. The molecule has 22 heavy (non-hydrogen) atoms. The zero-order valence-electron chi connectivity index (χ0n) is 11.7. The van der Waals surface area contributed by atoms with E-state index in [1.807, 2.05) is 36.4 Å². The lowest BCUT2D eigenvalue weighted by molar-refractivity contribution is 0.102. The van der Waals surface area contributed by atoms with Gasteiger partial charge in [-0.2, -0.15) is 0 Å². The fourth-order valence-electron chi connectivity index (χ4n) is 2.64. The molecule has 2 heterocycles. The number of aromatic amines is 1. The van der Waals surface area contributed by atoms with Crippen molar-refractivity contribution in [2.45, 2.75) is 0 Å². The summed E-state index contributed by atoms with van der Waals surface area (Å²) in [6.07, 6.45) is 3.21.